The van der Waals surface area contributed by atoms with E-state index in [0.29, 0.717) is 5.69 Å². The summed E-state index contributed by atoms with van der Waals surface area (Å²) in [5.41, 5.74) is 10.8. The van der Waals surface area contributed by atoms with Gasteiger partial charge in [0.25, 0.3) is 0 Å². The zero-order valence-electron chi connectivity index (χ0n) is 21.7. The van der Waals surface area contributed by atoms with Crippen molar-refractivity contribution in [3.63, 3.8) is 0 Å². The Bertz CT molecular complexity index is 1400. The van der Waals surface area contributed by atoms with Crippen LogP contribution in [0.2, 0.25) is 0 Å². The molecule has 0 fully saturated rings. The van der Waals surface area contributed by atoms with Gasteiger partial charge in [-0.25, -0.2) is 5.43 Å². The van der Waals surface area contributed by atoms with Crippen molar-refractivity contribution in [3.05, 3.63) is 173 Å². The average molecular weight is 538 g/mol. The monoisotopic (exact) mass is 537 g/mol. The zero-order chi connectivity index (χ0) is 27.8. The van der Waals surface area contributed by atoms with E-state index in [-0.39, 0.29) is 18.1 Å². The number of hydrazine groups is 1. The molecule has 0 amide bonds. The Balaban J connectivity index is 1.52. The van der Waals surface area contributed by atoms with Crippen molar-refractivity contribution < 1.29 is 13.2 Å². The molecule has 0 heterocycles. The van der Waals surface area contributed by atoms with Gasteiger partial charge in [0.1, 0.15) is 0 Å². The number of nitrogens with one attached hydrogen (secondary N) is 3. The Hall–Kier alpha value is -4.39. The van der Waals surface area contributed by atoms with Crippen molar-refractivity contribution in [2.24, 2.45) is 0 Å². The van der Waals surface area contributed by atoms with E-state index in [1.54, 1.807) is 0 Å². The summed E-state index contributed by atoms with van der Waals surface area (Å²) in [7, 11) is 0. The molecule has 3 nitrogen and oxygen atoms in total. The molecule has 5 rings (SSSR count). The molecular weight excluding hydrogens is 507 g/mol. The molecule has 40 heavy (non-hydrogen) atoms. The predicted molar refractivity (Wildman–Crippen MR) is 154 cm³/mol. The fourth-order valence-electron chi connectivity index (χ4n) is 4.82. The van der Waals surface area contributed by atoms with Crippen molar-refractivity contribution in [2.75, 3.05) is 5.43 Å². The van der Waals surface area contributed by atoms with Gasteiger partial charge in [0.2, 0.25) is 0 Å². The number of alkyl halides is 3. The molecule has 0 aliphatic heterocycles. The molecule has 0 saturated carbocycles. The molecule has 5 aromatic carbocycles. The van der Waals surface area contributed by atoms with Gasteiger partial charge >= 0.3 is 6.18 Å². The van der Waals surface area contributed by atoms with Crippen molar-refractivity contribution in [1.82, 2.24) is 10.7 Å². The highest BCUT2D eigenvalue weighted by Crippen LogP contribution is 2.34. The molecule has 6 heteroatoms. The standard InChI is InChI=1S/C34H30F3N3/c35-34(36,37)29-21-23-30(24-22-29)39-40-33(28-19-11-4-12-20-28)32(27-17-9-3-10-18-27)38-31(25-13-5-1-6-14-25)26-15-7-2-8-16-26/h1-24,31-33,38-40H/t32-,33-/m1/s1. The van der Waals surface area contributed by atoms with Crippen molar-refractivity contribution >= 4 is 5.69 Å². The largest absolute Gasteiger partial charge is 0.416 e. The summed E-state index contributed by atoms with van der Waals surface area (Å²) >= 11 is 0. The van der Waals surface area contributed by atoms with E-state index in [2.05, 4.69) is 52.6 Å². The highest BCUT2D eigenvalue weighted by molar-refractivity contribution is 5.45. The molecule has 0 aromatic heterocycles. The third-order valence-corrected chi connectivity index (χ3v) is 6.85. The summed E-state index contributed by atoms with van der Waals surface area (Å²) in [6, 6.07) is 45.1. The van der Waals surface area contributed by atoms with Crippen LogP contribution in [-0.2, 0) is 6.18 Å². The SMILES string of the molecule is FC(F)(F)c1ccc(NN[C@H](c2ccccc2)[C@H](NC(c2ccccc2)c2ccccc2)c2ccccc2)cc1. The van der Waals surface area contributed by atoms with E-state index >= 15 is 0 Å². The quantitative estimate of drug-likeness (QED) is 0.156. The number of hydrogen-bond donors (Lipinski definition) is 3. The van der Waals surface area contributed by atoms with E-state index in [9.17, 15) is 13.2 Å². The van der Waals surface area contributed by atoms with Gasteiger partial charge in [0.15, 0.2) is 0 Å². The van der Waals surface area contributed by atoms with Gasteiger partial charge in [0, 0.05) is 5.69 Å². The first-order chi connectivity index (χ1) is 19.5. The lowest BCUT2D eigenvalue weighted by Gasteiger charge is -2.34. The first-order valence-corrected chi connectivity index (χ1v) is 13.1. The van der Waals surface area contributed by atoms with Gasteiger partial charge in [0.05, 0.1) is 23.7 Å². The third-order valence-electron chi connectivity index (χ3n) is 6.85. The highest BCUT2D eigenvalue weighted by atomic mass is 19.4. The smallest absolute Gasteiger partial charge is 0.321 e. The Morgan fingerprint density at radius 3 is 1.27 bits per heavy atom. The number of hydrogen-bond acceptors (Lipinski definition) is 3. The first-order valence-electron chi connectivity index (χ1n) is 13.1. The van der Waals surface area contributed by atoms with E-state index < -0.39 is 11.7 Å². The van der Waals surface area contributed by atoms with Crippen LogP contribution in [-0.4, -0.2) is 0 Å². The maximum absolute atomic E-state index is 13.1. The number of anilines is 1. The molecular formula is C34H30F3N3. The van der Waals surface area contributed by atoms with Crippen molar-refractivity contribution in [1.29, 1.82) is 0 Å². The van der Waals surface area contributed by atoms with E-state index in [1.165, 1.54) is 12.1 Å². The van der Waals surface area contributed by atoms with Crippen molar-refractivity contribution in [2.45, 2.75) is 24.3 Å². The Morgan fingerprint density at radius 1 is 0.450 bits per heavy atom. The second kappa shape index (κ2) is 12.6. The Morgan fingerprint density at radius 2 is 0.850 bits per heavy atom. The molecule has 0 aliphatic rings. The molecule has 0 aliphatic carbocycles. The lowest BCUT2D eigenvalue weighted by Crippen LogP contribution is -2.40. The average Bonchev–Trinajstić information content (AvgIpc) is 3.00. The summed E-state index contributed by atoms with van der Waals surface area (Å²) in [6.45, 7) is 0. The Kier molecular flexibility index (Phi) is 8.59. The summed E-state index contributed by atoms with van der Waals surface area (Å²) in [4.78, 5) is 0. The maximum Gasteiger partial charge on any atom is 0.416 e. The maximum atomic E-state index is 13.1. The second-order valence-electron chi connectivity index (χ2n) is 9.54. The van der Waals surface area contributed by atoms with Crippen LogP contribution >= 0.6 is 0 Å². The van der Waals surface area contributed by atoms with Crippen LogP contribution in [0.5, 0.6) is 0 Å². The number of rotatable bonds is 10. The molecule has 0 bridgehead atoms. The number of halogens is 3. The highest BCUT2D eigenvalue weighted by Gasteiger charge is 2.31. The molecule has 202 valence electrons. The minimum atomic E-state index is -4.38. The summed E-state index contributed by atoms with van der Waals surface area (Å²) in [5.74, 6) is 0. The normalized spacial score (nSPS) is 13.1. The fraction of sp³-hybridized carbons (Fsp3) is 0.118. The minimum absolute atomic E-state index is 0.119. The van der Waals surface area contributed by atoms with Crippen LogP contribution in [0.3, 0.4) is 0 Å². The summed E-state index contributed by atoms with van der Waals surface area (Å²) in [5, 5.41) is 3.92. The summed E-state index contributed by atoms with van der Waals surface area (Å²) in [6.07, 6.45) is -4.38. The van der Waals surface area contributed by atoms with E-state index in [4.69, 9.17) is 0 Å². The van der Waals surface area contributed by atoms with Crippen LogP contribution < -0.4 is 16.2 Å². The molecule has 0 spiro atoms. The molecule has 3 N–H and O–H groups in total. The van der Waals surface area contributed by atoms with Gasteiger partial charge < -0.3 is 5.43 Å². The van der Waals surface area contributed by atoms with Gasteiger partial charge in [-0.1, -0.05) is 121 Å². The van der Waals surface area contributed by atoms with E-state index in [1.807, 2.05) is 84.9 Å². The molecule has 0 radical (unpaired) electrons. The summed E-state index contributed by atoms with van der Waals surface area (Å²) < 4.78 is 39.3. The van der Waals surface area contributed by atoms with Gasteiger partial charge in [-0.3, -0.25) is 5.32 Å². The van der Waals surface area contributed by atoms with Crippen molar-refractivity contribution in [3.8, 4) is 0 Å². The lowest BCUT2D eigenvalue weighted by atomic mass is 9.90. The number of benzene rings is 5. The predicted octanol–water partition coefficient (Wildman–Crippen LogP) is 8.48. The Labute approximate surface area is 232 Å². The van der Waals surface area contributed by atoms with Crippen LogP contribution in [0.4, 0.5) is 18.9 Å². The second-order valence-corrected chi connectivity index (χ2v) is 9.54. The molecule has 0 saturated heterocycles. The van der Waals surface area contributed by atoms with E-state index in [0.717, 1.165) is 34.4 Å². The van der Waals surface area contributed by atoms with Gasteiger partial charge in [-0.05, 0) is 46.5 Å². The first kappa shape index (κ1) is 27.2. The lowest BCUT2D eigenvalue weighted by molar-refractivity contribution is -0.137. The van der Waals surface area contributed by atoms with Crippen LogP contribution in [0.15, 0.2) is 146 Å². The van der Waals surface area contributed by atoms with Crippen LogP contribution in [0, 0.1) is 0 Å². The molecule has 5 aromatic rings. The van der Waals surface area contributed by atoms with Crippen LogP contribution in [0.1, 0.15) is 45.9 Å². The zero-order valence-corrected chi connectivity index (χ0v) is 21.7. The van der Waals surface area contributed by atoms with Crippen LogP contribution in [0.25, 0.3) is 0 Å². The molecule has 2 atom stereocenters. The minimum Gasteiger partial charge on any atom is -0.321 e. The van der Waals surface area contributed by atoms with Gasteiger partial charge in [-0.2, -0.15) is 13.2 Å². The topological polar surface area (TPSA) is 36.1 Å². The fourth-order valence-corrected chi connectivity index (χ4v) is 4.82. The third kappa shape index (κ3) is 6.78. The van der Waals surface area contributed by atoms with Gasteiger partial charge in [-0.15, -0.1) is 0 Å². The molecule has 0 unspecified atom stereocenters.